The first-order valence-electron chi connectivity index (χ1n) is 2.21. The average Bonchev–Trinajstić information content (AvgIpc) is 1.87. The Morgan fingerprint density at radius 3 is 2.20 bits per heavy atom. The molecular weight excluding hydrogens is 163 g/mol. The topological polar surface area (TPSA) is 58.6 Å². The van der Waals surface area contributed by atoms with Crippen molar-refractivity contribution in [3.8, 4) is 0 Å². The van der Waals surface area contributed by atoms with Gasteiger partial charge in [0.2, 0.25) is 0 Å². The molecule has 0 radical (unpaired) electrons. The van der Waals surface area contributed by atoms with Crippen LogP contribution in [0.5, 0.6) is 0 Å². The van der Waals surface area contributed by atoms with Crippen molar-refractivity contribution in [3.63, 3.8) is 0 Å². The fraction of sp³-hybridized carbons (Fsp3) is 0.400. The first kappa shape index (κ1) is 13.1. The third kappa shape index (κ3) is 6.56. The monoisotopic (exact) mass is 170 g/mol. The van der Waals surface area contributed by atoms with Gasteiger partial charge in [-0.2, -0.15) is 0 Å². The fourth-order valence-electron chi connectivity index (χ4n) is 0.214. The number of methoxy groups -OCH3 is 2. The van der Waals surface area contributed by atoms with Crippen LogP contribution in [0, 0.1) is 0 Å². The predicted octanol–water partition coefficient (Wildman–Crippen LogP) is -3.99. The van der Waals surface area contributed by atoms with Gasteiger partial charge in [-0.1, -0.05) is 0 Å². The molecule has 0 aliphatic carbocycles. The zero-order valence-electron chi connectivity index (χ0n) is 6.21. The van der Waals surface area contributed by atoms with Crippen molar-refractivity contribution in [2.24, 2.45) is 0 Å². The van der Waals surface area contributed by atoms with Crippen LogP contribution in [-0.2, 0) is 14.3 Å². The quantitative estimate of drug-likeness (QED) is 0.183. The van der Waals surface area contributed by atoms with Crippen molar-refractivity contribution in [2.45, 2.75) is 0 Å². The molecule has 5 heteroatoms. The van der Waals surface area contributed by atoms with E-state index in [1.807, 2.05) is 0 Å². The van der Waals surface area contributed by atoms with Crippen molar-refractivity contribution in [3.05, 3.63) is 12.0 Å². The first-order chi connectivity index (χ1) is 4.20. The summed E-state index contributed by atoms with van der Waals surface area (Å²) in [7, 11) is 2.36. The van der Waals surface area contributed by atoms with Gasteiger partial charge in [-0.3, -0.25) is 0 Å². The largest absolute Gasteiger partial charge is 1.00 e. The second-order valence-electron chi connectivity index (χ2n) is 1.19. The summed E-state index contributed by atoms with van der Waals surface area (Å²) in [6.07, 6.45) is 0.722. The predicted molar refractivity (Wildman–Crippen MR) is 27.1 cm³/mol. The molecule has 0 atom stereocenters. The molecule has 0 bridgehead atoms. The maximum atomic E-state index is 10.2. The van der Waals surface area contributed by atoms with Gasteiger partial charge < -0.3 is 14.6 Å². The van der Waals surface area contributed by atoms with E-state index in [-0.39, 0.29) is 51.4 Å². The van der Waals surface area contributed by atoms with Crippen LogP contribution >= 0.6 is 0 Å². The first-order valence-corrected chi connectivity index (χ1v) is 2.21. The minimum Gasteiger partial charge on any atom is -0.616 e. The van der Waals surface area contributed by atoms with Crippen molar-refractivity contribution in [2.75, 3.05) is 14.2 Å². The fourth-order valence-corrected chi connectivity index (χ4v) is 0.214. The number of hydrogen-bond acceptors (Lipinski definition) is 4. The van der Waals surface area contributed by atoms with Gasteiger partial charge in [0.15, 0.2) is 0 Å². The van der Waals surface area contributed by atoms with E-state index in [1.165, 1.54) is 14.2 Å². The average molecular weight is 170 g/mol. The van der Waals surface area contributed by atoms with E-state index in [1.54, 1.807) is 0 Å². The summed E-state index contributed by atoms with van der Waals surface area (Å²) in [5.41, 5.74) is 0. The van der Waals surface area contributed by atoms with Gasteiger partial charge >= 0.3 is 57.4 Å². The zero-order chi connectivity index (χ0) is 7.28. The van der Waals surface area contributed by atoms with Crippen LogP contribution in [0.25, 0.3) is 0 Å². The molecule has 0 fully saturated rings. The van der Waals surface area contributed by atoms with Crippen molar-refractivity contribution in [1.82, 2.24) is 0 Å². The number of rotatable bonds is 2. The molecule has 10 heavy (non-hydrogen) atoms. The number of hydrogen-bond donors (Lipinski definition) is 0. The molecule has 0 aromatic rings. The van der Waals surface area contributed by atoms with E-state index in [0.29, 0.717) is 0 Å². The van der Waals surface area contributed by atoms with Crippen LogP contribution < -0.4 is 56.5 Å². The second kappa shape index (κ2) is 7.55. The Morgan fingerprint density at radius 1 is 1.40 bits per heavy atom. The van der Waals surface area contributed by atoms with Gasteiger partial charge in [-0.25, -0.2) is 4.79 Å². The van der Waals surface area contributed by atoms with Crippen molar-refractivity contribution < 1.29 is 70.8 Å². The molecule has 0 aliphatic rings. The third-order valence-corrected chi connectivity index (χ3v) is 0.638. The Bertz CT molecular complexity index is 132. The van der Waals surface area contributed by atoms with Gasteiger partial charge in [0, 0.05) is 6.08 Å². The minimum absolute atomic E-state index is 0. The van der Waals surface area contributed by atoms with E-state index < -0.39 is 11.9 Å². The molecular formula is C5H7KO4. The Balaban J connectivity index is 0. The Hall–Kier alpha value is 0.446. The van der Waals surface area contributed by atoms with Gasteiger partial charge in [-0.15, -0.1) is 0 Å². The molecule has 0 N–H and O–H groups in total. The summed E-state index contributed by atoms with van der Waals surface area (Å²) in [4.78, 5) is 10.2. The van der Waals surface area contributed by atoms with Crippen molar-refractivity contribution in [1.29, 1.82) is 0 Å². The van der Waals surface area contributed by atoms with Gasteiger partial charge in [0.25, 0.3) is 0 Å². The minimum atomic E-state index is -0.707. The molecule has 0 aliphatic heterocycles. The van der Waals surface area contributed by atoms with Crippen LogP contribution in [0.3, 0.4) is 0 Å². The summed E-state index contributed by atoms with van der Waals surface area (Å²) >= 11 is 0. The zero-order valence-corrected chi connectivity index (χ0v) is 9.33. The second-order valence-corrected chi connectivity index (χ2v) is 1.19. The third-order valence-electron chi connectivity index (χ3n) is 0.638. The maximum absolute atomic E-state index is 10.2. The van der Waals surface area contributed by atoms with Gasteiger partial charge in [-0.05, 0) is 7.11 Å². The molecule has 0 unspecified atom stereocenters. The van der Waals surface area contributed by atoms with E-state index >= 15 is 0 Å². The van der Waals surface area contributed by atoms with E-state index in [2.05, 4.69) is 9.47 Å². The molecule has 0 amide bonds. The standard InChI is InChI=1S/C5H8O4.K/c1-8-4(6)3-5(7)9-2;/h3,6H,1-2H3;/q;+1/p-1. The summed E-state index contributed by atoms with van der Waals surface area (Å²) in [5, 5.41) is 10.2. The molecule has 4 nitrogen and oxygen atoms in total. The smallest absolute Gasteiger partial charge is 0.616 e. The molecule has 0 saturated heterocycles. The molecule has 0 saturated carbocycles. The molecule has 0 heterocycles. The van der Waals surface area contributed by atoms with Crippen molar-refractivity contribution >= 4 is 5.97 Å². The van der Waals surface area contributed by atoms with E-state index in [4.69, 9.17) is 0 Å². The molecule has 0 rings (SSSR count). The normalized spacial score (nSPS) is 9.60. The van der Waals surface area contributed by atoms with Crippen LogP contribution in [0.2, 0.25) is 0 Å². The van der Waals surface area contributed by atoms with Gasteiger partial charge in [0.05, 0.1) is 13.1 Å². The van der Waals surface area contributed by atoms with Crippen LogP contribution in [0.15, 0.2) is 12.0 Å². The molecule has 0 spiro atoms. The summed E-state index contributed by atoms with van der Waals surface area (Å²) in [6.45, 7) is 0. The summed E-state index contributed by atoms with van der Waals surface area (Å²) < 4.78 is 8.25. The molecule has 0 aromatic carbocycles. The number of carbonyl (C=O) groups excluding carboxylic acids is 1. The van der Waals surface area contributed by atoms with E-state index in [0.717, 1.165) is 6.08 Å². The number of carbonyl (C=O) groups is 1. The van der Waals surface area contributed by atoms with Gasteiger partial charge in [0.1, 0.15) is 0 Å². The molecule has 52 valence electrons. The van der Waals surface area contributed by atoms with Crippen LogP contribution in [0.1, 0.15) is 0 Å². The van der Waals surface area contributed by atoms with E-state index in [9.17, 15) is 9.90 Å². The Labute approximate surface area is 102 Å². The Morgan fingerprint density at radius 2 is 1.90 bits per heavy atom. The number of ether oxygens (including phenoxy) is 2. The SMILES string of the molecule is COC(=O)C=C([O-])OC.[K+]. The summed E-state index contributed by atoms with van der Waals surface area (Å²) in [6, 6.07) is 0. The molecule has 0 aromatic heterocycles. The maximum Gasteiger partial charge on any atom is 1.00 e. The van der Waals surface area contributed by atoms with Crippen LogP contribution in [-0.4, -0.2) is 20.2 Å². The Kier molecular flexibility index (Phi) is 9.87. The van der Waals surface area contributed by atoms with Crippen LogP contribution in [0.4, 0.5) is 0 Å². The number of esters is 1. The summed E-state index contributed by atoms with van der Waals surface area (Å²) in [5.74, 6) is -1.41.